The molecule has 0 amide bonds. The van der Waals surface area contributed by atoms with Crippen molar-refractivity contribution in [3.63, 3.8) is 0 Å². The van der Waals surface area contributed by atoms with Crippen molar-refractivity contribution in [2.24, 2.45) is 0 Å². The number of carbonyl (C=O) groups excluding carboxylic acids is 1. The second kappa shape index (κ2) is 6.62. The van der Waals surface area contributed by atoms with Gasteiger partial charge < -0.3 is 4.79 Å². The third kappa shape index (κ3) is 3.47. The predicted octanol–water partition coefficient (Wildman–Crippen LogP) is 3.12. The van der Waals surface area contributed by atoms with E-state index in [1.165, 1.54) is 0 Å². The van der Waals surface area contributed by atoms with Crippen LogP contribution in [0.25, 0.3) is 0 Å². The summed E-state index contributed by atoms with van der Waals surface area (Å²) in [5.41, 5.74) is 1.16. The first kappa shape index (κ1) is 14.0. The van der Waals surface area contributed by atoms with Gasteiger partial charge in [-0.25, -0.2) is 0 Å². The van der Waals surface area contributed by atoms with Gasteiger partial charge in [-0.1, -0.05) is 3.57 Å². The van der Waals surface area contributed by atoms with E-state index in [0.717, 1.165) is 3.57 Å². The zero-order chi connectivity index (χ0) is 10.7. The average Bonchev–Trinajstić information content (AvgIpc) is 2.30. The molecule has 0 heterocycles. The summed E-state index contributed by atoms with van der Waals surface area (Å²) >= 11 is 2.18. The first-order valence-electron chi connectivity index (χ1n) is 4.46. The summed E-state index contributed by atoms with van der Waals surface area (Å²) in [5.74, 6) is -0.0352. The van der Waals surface area contributed by atoms with Crippen LogP contribution < -0.4 is 0 Å². The van der Waals surface area contributed by atoms with E-state index in [-0.39, 0.29) is 38.5 Å². The molecule has 1 radical (unpaired) electrons. The van der Waals surface area contributed by atoms with Crippen LogP contribution in [0.4, 0.5) is 0 Å². The van der Waals surface area contributed by atoms with E-state index in [0.29, 0.717) is 11.1 Å². The molecule has 0 aromatic heterocycles. The van der Waals surface area contributed by atoms with Gasteiger partial charge >= 0.3 is 0 Å². The second-order valence-electron chi connectivity index (χ2n) is 3.03. The SMILES string of the molecule is O=C(c1[c-]cccc1)c1[c-]cc(I)cc1.[Y]. The van der Waals surface area contributed by atoms with E-state index in [1.807, 2.05) is 18.2 Å². The zero-order valence-corrected chi connectivity index (χ0v) is 13.4. The van der Waals surface area contributed by atoms with Gasteiger partial charge in [-0.2, -0.15) is 0 Å². The van der Waals surface area contributed by atoms with Gasteiger partial charge in [-0.15, -0.1) is 88.3 Å². The molecular weight excluding hydrogens is 388 g/mol. The van der Waals surface area contributed by atoms with Crippen molar-refractivity contribution in [3.05, 3.63) is 69.3 Å². The maximum absolute atomic E-state index is 11.9. The number of ketones is 1. The summed E-state index contributed by atoms with van der Waals surface area (Å²) in [6.07, 6.45) is 0. The van der Waals surface area contributed by atoms with E-state index < -0.39 is 0 Å². The molecule has 0 saturated carbocycles. The Morgan fingerprint density at radius 1 is 1.06 bits per heavy atom. The van der Waals surface area contributed by atoms with Crippen molar-refractivity contribution >= 4 is 28.4 Å². The van der Waals surface area contributed by atoms with Gasteiger partial charge in [0.15, 0.2) is 0 Å². The summed E-state index contributed by atoms with van der Waals surface area (Å²) in [7, 11) is 0. The van der Waals surface area contributed by atoms with E-state index >= 15 is 0 Å². The Balaban J connectivity index is 0.00000128. The van der Waals surface area contributed by atoms with Crippen LogP contribution in [0, 0.1) is 15.7 Å². The standard InChI is InChI=1S/C13H7IO.Y/c14-12-8-6-11(7-9-12)13(15)10-4-2-1-3-5-10;/h1-4,6,8-9H;/q-2;. The normalized spacial score (nSPS) is 9.31. The van der Waals surface area contributed by atoms with Crippen molar-refractivity contribution in [1.29, 1.82) is 0 Å². The summed E-state index contributed by atoms with van der Waals surface area (Å²) in [4.78, 5) is 11.9. The number of hydrogen-bond acceptors (Lipinski definition) is 1. The molecule has 16 heavy (non-hydrogen) atoms. The number of benzene rings is 2. The van der Waals surface area contributed by atoms with Crippen LogP contribution in [0.1, 0.15) is 15.9 Å². The van der Waals surface area contributed by atoms with Crippen LogP contribution in [0.5, 0.6) is 0 Å². The molecule has 2 aromatic carbocycles. The summed E-state index contributed by atoms with van der Waals surface area (Å²) < 4.78 is 1.07. The molecule has 0 spiro atoms. The van der Waals surface area contributed by atoms with Crippen LogP contribution in [0.2, 0.25) is 0 Å². The quantitative estimate of drug-likeness (QED) is 0.434. The Morgan fingerprint density at radius 2 is 1.81 bits per heavy atom. The average molecular weight is 395 g/mol. The third-order valence-electron chi connectivity index (χ3n) is 1.97. The van der Waals surface area contributed by atoms with Crippen LogP contribution in [-0.4, -0.2) is 5.78 Å². The minimum atomic E-state index is -0.0352. The largest absolute Gasteiger partial charge is 0.348 e. The minimum absolute atomic E-state index is 0. The molecule has 0 saturated heterocycles. The van der Waals surface area contributed by atoms with Gasteiger partial charge in [0.05, 0.1) is 5.78 Å². The fourth-order valence-corrected chi connectivity index (χ4v) is 1.56. The Hall–Kier alpha value is -0.0561. The molecule has 0 atom stereocenters. The molecular formula is C13H7IOY-2. The maximum Gasteiger partial charge on any atom is 0.0894 e. The van der Waals surface area contributed by atoms with Crippen molar-refractivity contribution in [1.82, 2.24) is 0 Å². The molecule has 0 aliphatic rings. The first-order valence-corrected chi connectivity index (χ1v) is 5.54. The third-order valence-corrected chi connectivity index (χ3v) is 2.64. The topological polar surface area (TPSA) is 17.1 Å². The Labute approximate surface area is 134 Å². The molecule has 1 nitrogen and oxygen atoms in total. The molecule has 2 rings (SSSR count). The fourth-order valence-electron chi connectivity index (χ4n) is 1.23. The molecule has 2 aromatic rings. The predicted molar refractivity (Wildman–Crippen MR) is 66.7 cm³/mol. The maximum atomic E-state index is 11.9. The van der Waals surface area contributed by atoms with E-state index in [9.17, 15) is 4.79 Å². The molecule has 0 unspecified atom stereocenters. The van der Waals surface area contributed by atoms with Gasteiger partial charge in [-0.05, 0) is 0 Å². The van der Waals surface area contributed by atoms with Crippen molar-refractivity contribution < 1.29 is 37.5 Å². The van der Waals surface area contributed by atoms with Gasteiger partial charge in [0.1, 0.15) is 0 Å². The van der Waals surface area contributed by atoms with E-state index in [1.54, 1.807) is 24.3 Å². The van der Waals surface area contributed by atoms with Crippen LogP contribution in [0.3, 0.4) is 0 Å². The molecule has 0 aliphatic heterocycles. The van der Waals surface area contributed by atoms with Crippen molar-refractivity contribution in [2.75, 3.05) is 0 Å². The number of hydrogen-bond donors (Lipinski definition) is 0. The van der Waals surface area contributed by atoms with Gasteiger partial charge in [-0.3, -0.25) is 0 Å². The van der Waals surface area contributed by atoms with E-state index in [4.69, 9.17) is 0 Å². The van der Waals surface area contributed by atoms with E-state index in [2.05, 4.69) is 34.7 Å². The molecule has 77 valence electrons. The van der Waals surface area contributed by atoms with Crippen LogP contribution in [0.15, 0.2) is 42.5 Å². The molecule has 0 aliphatic carbocycles. The molecule has 0 fully saturated rings. The second-order valence-corrected chi connectivity index (χ2v) is 4.27. The number of carbonyl (C=O) groups is 1. The van der Waals surface area contributed by atoms with Crippen molar-refractivity contribution in [3.8, 4) is 0 Å². The molecule has 0 bridgehead atoms. The van der Waals surface area contributed by atoms with Gasteiger partial charge in [0.25, 0.3) is 0 Å². The Bertz CT molecular complexity index is 465. The number of rotatable bonds is 2. The summed E-state index contributed by atoms with van der Waals surface area (Å²) in [6, 6.07) is 18.5. The molecule has 3 heteroatoms. The molecule has 0 N–H and O–H groups in total. The van der Waals surface area contributed by atoms with Gasteiger partial charge in [0.2, 0.25) is 0 Å². The monoisotopic (exact) mass is 395 g/mol. The smallest absolute Gasteiger partial charge is 0.0894 e. The zero-order valence-electron chi connectivity index (χ0n) is 8.41. The van der Waals surface area contributed by atoms with Gasteiger partial charge in [0, 0.05) is 32.7 Å². The summed E-state index contributed by atoms with van der Waals surface area (Å²) in [5, 5.41) is 0. The van der Waals surface area contributed by atoms with Crippen LogP contribution in [-0.2, 0) is 32.7 Å². The Kier molecular flexibility index (Phi) is 5.80. The Morgan fingerprint density at radius 3 is 2.38 bits per heavy atom. The first-order chi connectivity index (χ1) is 7.27. The minimum Gasteiger partial charge on any atom is -0.348 e. The van der Waals surface area contributed by atoms with Crippen molar-refractivity contribution in [2.45, 2.75) is 0 Å². The summed E-state index contributed by atoms with van der Waals surface area (Å²) in [6.45, 7) is 0. The van der Waals surface area contributed by atoms with Crippen LogP contribution >= 0.6 is 22.6 Å². The number of halogens is 1. The fraction of sp³-hybridized carbons (Fsp3) is 0.